The van der Waals surface area contributed by atoms with Gasteiger partial charge in [0.15, 0.2) is 0 Å². The molecule has 122 valence electrons. The minimum Gasteiger partial charge on any atom is -0.481 e. The maximum Gasteiger partial charge on any atom is 0.309 e. The predicted octanol–water partition coefficient (Wildman–Crippen LogP) is 4.55. The van der Waals surface area contributed by atoms with E-state index < -0.39 is 11.4 Å². The monoisotopic (exact) mass is 311 g/mol. The molecule has 3 nitrogen and oxygen atoms in total. The maximum absolute atomic E-state index is 11.1. The van der Waals surface area contributed by atoms with Crippen molar-refractivity contribution in [3.63, 3.8) is 0 Å². The van der Waals surface area contributed by atoms with Crippen molar-refractivity contribution < 1.29 is 9.90 Å². The minimum absolute atomic E-state index is 0.234. The number of aliphatic carboxylic acids is 1. The van der Waals surface area contributed by atoms with Crippen molar-refractivity contribution in [3.05, 3.63) is 60.2 Å². The number of carboxylic acids is 1. The summed E-state index contributed by atoms with van der Waals surface area (Å²) in [5, 5.41) is 15.1. The summed E-state index contributed by atoms with van der Waals surface area (Å²) in [6, 6.07) is 15.0. The van der Waals surface area contributed by atoms with Crippen molar-refractivity contribution in [2.24, 2.45) is 5.41 Å². The summed E-state index contributed by atoms with van der Waals surface area (Å²) in [7, 11) is 0. The molecule has 2 aromatic carbocycles. The van der Waals surface area contributed by atoms with Gasteiger partial charge in [0.25, 0.3) is 0 Å². The van der Waals surface area contributed by atoms with Crippen LogP contribution in [-0.4, -0.2) is 17.6 Å². The van der Waals surface area contributed by atoms with Crippen LogP contribution in [0, 0.1) is 5.41 Å². The summed E-state index contributed by atoms with van der Waals surface area (Å²) in [6.07, 6.45) is 4.48. The molecule has 1 atom stereocenters. The average molecular weight is 311 g/mol. The van der Waals surface area contributed by atoms with Gasteiger partial charge in [-0.25, -0.2) is 0 Å². The Morgan fingerprint density at radius 1 is 1.17 bits per heavy atom. The van der Waals surface area contributed by atoms with Crippen molar-refractivity contribution in [1.82, 2.24) is 5.32 Å². The van der Waals surface area contributed by atoms with Crippen LogP contribution in [0.2, 0.25) is 0 Å². The van der Waals surface area contributed by atoms with E-state index in [1.54, 1.807) is 13.8 Å². The van der Waals surface area contributed by atoms with Gasteiger partial charge < -0.3 is 10.4 Å². The van der Waals surface area contributed by atoms with Crippen molar-refractivity contribution in [1.29, 1.82) is 0 Å². The highest BCUT2D eigenvalue weighted by Crippen LogP contribution is 2.24. The van der Waals surface area contributed by atoms with Gasteiger partial charge in [-0.15, -0.1) is 0 Å². The number of nitrogens with one attached hydrogen (secondary N) is 1. The number of hydrogen-bond donors (Lipinski definition) is 2. The fourth-order valence-corrected chi connectivity index (χ4v) is 2.53. The molecule has 2 rings (SSSR count). The lowest BCUT2D eigenvalue weighted by molar-refractivity contribution is -0.146. The number of rotatable bonds is 7. The molecule has 0 aliphatic heterocycles. The van der Waals surface area contributed by atoms with Crippen LogP contribution in [0.5, 0.6) is 0 Å². The summed E-state index contributed by atoms with van der Waals surface area (Å²) in [5.74, 6) is -0.765. The molecule has 0 fully saturated rings. The quantitative estimate of drug-likeness (QED) is 0.738. The van der Waals surface area contributed by atoms with E-state index in [9.17, 15) is 4.79 Å². The molecule has 0 saturated carbocycles. The summed E-state index contributed by atoms with van der Waals surface area (Å²) in [5.41, 5.74) is 0.569. The Morgan fingerprint density at radius 3 is 2.61 bits per heavy atom. The number of carboxylic acid groups (broad SMARTS) is 1. The summed E-state index contributed by atoms with van der Waals surface area (Å²) < 4.78 is 0. The summed E-state index contributed by atoms with van der Waals surface area (Å²) >= 11 is 0. The first-order valence-electron chi connectivity index (χ1n) is 8.01. The van der Waals surface area contributed by atoms with Crippen LogP contribution in [-0.2, 0) is 4.79 Å². The molecule has 0 aliphatic carbocycles. The molecule has 0 saturated heterocycles. The number of hydrogen-bond acceptors (Lipinski definition) is 2. The fraction of sp³-hybridized carbons (Fsp3) is 0.350. The van der Waals surface area contributed by atoms with E-state index in [0.29, 0.717) is 6.42 Å². The van der Waals surface area contributed by atoms with Gasteiger partial charge in [0.1, 0.15) is 0 Å². The van der Waals surface area contributed by atoms with Gasteiger partial charge in [0, 0.05) is 12.6 Å². The zero-order chi connectivity index (χ0) is 16.9. The largest absolute Gasteiger partial charge is 0.481 e. The Kier molecular flexibility index (Phi) is 5.56. The highest BCUT2D eigenvalue weighted by Gasteiger charge is 2.24. The Balaban J connectivity index is 1.95. The topological polar surface area (TPSA) is 49.3 Å². The van der Waals surface area contributed by atoms with E-state index in [4.69, 9.17) is 5.11 Å². The number of fused-ring (bicyclic) bond motifs is 1. The highest BCUT2D eigenvalue weighted by molar-refractivity contribution is 5.86. The molecule has 3 heteroatoms. The first kappa shape index (κ1) is 17.2. The van der Waals surface area contributed by atoms with Crippen molar-refractivity contribution in [2.45, 2.75) is 33.2 Å². The van der Waals surface area contributed by atoms with E-state index in [1.807, 2.05) is 12.2 Å². The van der Waals surface area contributed by atoms with Gasteiger partial charge in [-0.1, -0.05) is 54.6 Å². The average Bonchev–Trinajstić information content (AvgIpc) is 2.53. The standard InChI is InChI=1S/C20H25NO2/c1-15(21-14-7-6-13-20(2,3)19(22)23)17-12-8-10-16-9-4-5-11-18(16)17/h4-12,15,21H,13-14H2,1-3H3,(H,22,23)/b7-6+/t15-/m1/s1. The Labute approximate surface area is 138 Å². The van der Waals surface area contributed by atoms with E-state index in [1.165, 1.54) is 16.3 Å². The van der Waals surface area contributed by atoms with E-state index >= 15 is 0 Å². The maximum atomic E-state index is 11.1. The van der Waals surface area contributed by atoms with Gasteiger partial charge in [-0.3, -0.25) is 4.79 Å². The fourth-order valence-electron chi connectivity index (χ4n) is 2.53. The van der Waals surface area contributed by atoms with Crippen LogP contribution in [0.3, 0.4) is 0 Å². The van der Waals surface area contributed by atoms with Gasteiger partial charge in [-0.05, 0) is 43.5 Å². The molecule has 0 aromatic heterocycles. The SMILES string of the molecule is C[C@@H](NC/C=C/CC(C)(C)C(=O)O)c1cccc2ccccc12. The molecule has 0 spiro atoms. The van der Waals surface area contributed by atoms with Crippen LogP contribution >= 0.6 is 0 Å². The van der Waals surface area contributed by atoms with Gasteiger partial charge in [-0.2, -0.15) is 0 Å². The third kappa shape index (κ3) is 4.42. The van der Waals surface area contributed by atoms with Crippen LogP contribution in [0.4, 0.5) is 0 Å². The third-order valence-corrected chi connectivity index (χ3v) is 4.21. The zero-order valence-corrected chi connectivity index (χ0v) is 14.0. The van der Waals surface area contributed by atoms with Gasteiger partial charge in [0.05, 0.1) is 5.41 Å². The Hall–Kier alpha value is -2.13. The molecule has 2 aromatic rings. The van der Waals surface area contributed by atoms with E-state index in [2.05, 4.69) is 54.7 Å². The zero-order valence-electron chi connectivity index (χ0n) is 14.0. The lowest BCUT2D eigenvalue weighted by atomic mass is 9.89. The Bertz CT molecular complexity index is 698. The summed E-state index contributed by atoms with van der Waals surface area (Å²) in [6.45, 7) is 6.36. The second kappa shape index (κ2) is 7.42. The number of benzene rings is 2. The number of allylic oxidation sites excluding steroid dienone is 1. The molecule has 0 aliphatic rings. The molecule has 0 heterocycles. The van der Waals surface area contributed by atoms with Crippen molar-refractivity contribution >= 4 is 16.7 Å². The lowest BCUT2D eigenvalue weighted by Gasteiger charge is -2.17. The smallest absolute Gasteiger partial charge is 0.309 e. The molecular formula is C20H25NO2. The molecule has 0 unspecified atom stereocenters. The van der Waals surface area contributed by atoms with Crippen LogP contribution in [0.1, 0.15) is 38.8 Å². The molecule has 23 heavy (non-hydrogen) atoms. The first-order chi connectivity index (χ1) is 10.9. The Morgan fingerprint density at radius 2 is 1.87 bits per heavy atom. The summed E-state index contributed by atoms with van der Waals surface area (Å²) in [4.78, 5) is 11.1. The van der Waals surface area contributed by atoms with Crippen molar-refractivity contribution in [2.75, 3.05) is 6.54 Å². The molecular weight excluding hydrogens is 286 g/mol. The second-order valence-electron chi connectivity index (χ2n) is 6.56. The lowest BCUT2D eigenvalue weighted by Crippen LogP contribution is -2.23. The van der Waals surface area contributed by atoms with Crippen LogP contribution in [0.15, 0.2) is 54.6 Å². The normalized spacial score (nSPS) is 13.5. The van der Waals surface area contributed by atoms with Crippen molar-refractivity contribution in [3.8, 4) is 0 Å². The van der Waals surface area contributed by atoms with E-state index in [0.717, 1.165) is 6.54 Å². The number of carbonyl (C=O) groups is 1. The minimum atomic E-state index is -0.765. The molecule has 0 amide bonds. The predicted molar refractivity (Wildman–Crippen MR) is 95.5 cm³/mol. The second-order valence-corrected chi connectivity index (χ2v) is 6.56. The van der Waals surface area contributed by atoms with E-state index in [-0.39, 0.29) is 6.04 Å². The third-order valence-electron chi connectivity index (χ3n) is 4.21. The highest BCUT2D eigenvalue weighted by atomic mass is 16.4. The van der Waals surface area contributed by atoms with Gasteiger partial charge in [0.2, 0.25) is 0 Å². The first-order valence-corrected chi connectivity index (χ1v) is 8.01. The van der Waals surface area contributed by atoms with Crippen LogP contribution in [0.25, 0.3) is 10.8 Å². The molecule has 0 radical (unpaired) electrons. The molecule has 0 bridgehead atoms. The molecule has 2 N–H and O–H groups in total. The van der Waals surface area contributed by atoms with Crippen LogP contribution < -0.4 is 5.32 Å². The van der Waals surface area contributed by atoms with Gasteiger partial charge >= 0.3 is 5.97 Å².